The SMILES string of the molecule is C=CC(=O)Nc1cc(NC(=O)CNC(=O)c2ccc(F)cc2F)ccc1F. The van der Waals surface area contributed by atoms with Gasteiger partial charge in [0.1, 0.15) is 17.5 Å². The average Bonchev–Trinajstić information content (AvgIpc) is 2.62. The molecule has 0 spiro atoms. The van der Waals surface area contributed by atoms with Crippen molar-refractivity contribution in [2.24, 2.45) is 0 Å². The molecule has 9 heteroatoms. The zero-order valence-electron chi connectivity index (χ0n) is 13.8. The van der Waals surface area contributed by atoms with Gasteiger partial charge in [0.05, 0.1) is 17.8 Å². The molecular weight excluding hydrogens is 363 g/mol. The molecule has 2 aromatic rings. The van der Waals surface area contributed by atoms with Crippen LogP contribution in [0.4, 0.5) is 24.5 Å². The summed E-state index contributed by atoms with van der Waals surface area (Å²) in [5.41, 5.74) is -0.432. The highest BCUT2D eigenvalue weighted by Gasteiger charge is 2.14. The van der Waals surface area contributed by atoms with Gasteiger partial charge in [-0.2, -0.15) is 0 Å². The Morgan fingerprint density at radius 1 is 0.963 bits per heavy atom. The van der Waals surface area contributed by atoms with Gasteiger partial charge in [0.2, 0.25) is 11.8 Å². The molecule has 0 saturated heterocycles. The number of carbonyl (C=O) groups excluding carboxylic acids is 3. The number of hydrogen-bond acceptors (Lipinski definition) is 3. The van der Waals surface area contributed by atoms with Gasteiger partial charge in [-0.3, -0.25) is 14.4 Å². The first-order chi connectivity index (χ1) is 12.8. The molecule has 27 heavy (non-hydrogen) atoms. The summed E-state index contributed by atoms with van der Waals surface area (Å²) in [6.07, 6.45) is 0.953. The zero-order valence-corrected chi connectivity index (χ0v) is 13.8. The second kappa shape index (κ2) is 8.65. The highest BCUT2D eigenvalue weighted by Crippen LogP contribution is 2.19. The predicted molar refractivity (Wildman–Crippen MR) is 92.5 cm³/mol. The van der Waals surface area contributed by atoms with Gasteiger partial charge in [-0.25, -0.2) is 13.2 Å². The molecule has 0 unspecified atom stereocenters. The minimum absolute atomic E-state index is 0.156. The monoisotopic (exact) mass is 377 g/mol. The van der Waals surface area contributed by atoms with Crippen LogP contribution in [0.2, 0.25) is 0 Å². The van der Waals surface area contributed by atoms with Crippen molar-refractivity contribution in [3.05, 3.63) is 72.1 Å². The van der Waals surface area contributed by atoms with Crippen LogP contribution < -0.4 is 16.0 Å². The first-order valence-electron chi connectivity index (χ1n) is 7.56. The maximum Gasteiger partial charge on any atom is 0.254 e. The maximum absolute atomic E-state index is 13.6. The molecule has 0 atom stereocenters. The minimum atomic E-state index is -1.06. The minimum Gasteiger partial charge on any atom is -0.343 e. The number of benzene rings is 2. The van der Waals surface area contributed by atoms with Crippen molar-refractivity contribution in [3.63, 3.8) is 0 Å². The molecule has 0 aliphatic carbocycles. The van der Waals surface area contributed by atoms with Gasteiger partial charge in [-0.15, -0.1) is 0 Å². The maximum atomic E-state index is 13.6. The third-order valence-electron chi connectivity index (χ3n) is 3.28. The lowest BCUT2D eigenvalue weighted by Gasteiger charge is -2.10. The molecular formula is C18H14F3N3O3. The third-order valence-corrected chi connectivity index (χ3v) is 3.28. The second-order valence-corrected chi connectivity index (χ2v) is 5.24. The van der Waals surface area contributed by atoms with Crippen LogP contribution in [0.25, 0.3) is 0 Å². The number of nitrogens with one attached hydrogen (secondary N) is 3. The van der Waals surface area contributed by atoms with Gasteiger partial charge in [-0.05, 0) is 36.4 Å². The Morgan fingerprint density at radius 2 is 1.70 bits per heavy atom. The zero-order chi connectivity index (χ0) is 20.0. The lowest BCUT2D eigenvalue weighted by Crippen LogP contribution is -2.33. The molecule has 6 nitrogen and oxygen atoms in total. The van der Waals surface area contributed by atoms with Crippen molar-refractivity contribution in [1.29, 1.82) is 0 Å². The molecule has 2 rings (SSSR count). The summed E-state index contributed by atoms with van der Waals surface area (Å²) in [5.74, 6) is -4.83. The summed E-state index contributed by atoms with van der Waals surface area (Å²) < 4.78 is 40.0. The van der Waals surface area contributed by atoms with E-state index < -0.39 is 47.3 Å². The van der Waals surface area contributed by atoms with E-state index in [0.717, 1.165) is 24.3 Å². The van der Waals surface area contributed by atoms with Crippen LogP contribution in [0, 0.1) is 17.5 Å². The highest BCUT2D eigenvalue weighted by molar-refractivity contribution is 6.01. The Kier molecular flexibility index (Phi) is 6.32. The third kappa shape index (κ3) is 5.43. The molecule has 0 aliphatic heterocycles. The summed E-state index contributed by atoms with van der Waals surface area (Å²) in [7, 11) is 0. The topological polar surface area (TPSA) is 87.3 Å². The Labute approximate surface area is 152 Å². The summed E-state index contributed by atoms with van der Waals surface area (Å²) in [6, 6.07) is 5.86. The predicted octanol–water partition coefficient (Wildman–Crippen LogP) is 2.60. The molecule has 0 fully saturated rings. The Morgan fingerprint density at radius 3 is 2.37 bits per heavy atom. The standard InChI is InChI=1S/C18H14F3N3O3/c1-2-16(25)24-15-8-11(4-6-13(15)20)23-17(26)9-22-18(27)12-5-3-10(19)7-14(12)21/h2-8H,1,9H2,(H,22,27)(H,23,26)(H,24,25). The number of halogens is 3. The number of amides is 3. The molecule has 0 heterocycles. The van der Waals surface area contributed by atoms with Gasteiger partial charge in [0, 0.05) is 11.8 Å². The van der Waals surface area contributed by atoms with E-state index >= 15 is 0 Å². The number of anilines is 2. The van der Waals surface area contributed by atoms with Crippen LogP contribution in [0.3, 0.4) is 0 Å². The van der Waals surface area contributed by atoms with Gasteiger partial charge in [-0.1, -0.05) is 6.58 Å². The van der Waals surface area contributed by atoms with Gasteiger partial charge < -0.3 is 16.0 Å². The Hall–Kier alpha value is -3.62. The van der Waals surface area contributed by atoms with Crippen molar-refractivity contribution in [1.82, 2.24) is 5.32 Å². The smallest absolute Gasteiger partial charge is 0.254 e. The summed E-state index contributed by atoms with van der Waals surface area (Å²) in [4.78, 5) is 35.0. The van der Waals surface area contributed by atoms with Crippen molar-refractivity contribution in [2.75, 3.05) is 17.2 Å². The molecule has 0 aliphatic rings. The lowest BCUT2D eigenvalue weighted by atomic mass is 10.2. The first kappa shape index (κ1) is 19.7. The second-order valence-electron chi connectivity index (χ2n) is 5.24. The number of rotatable bonds is 6. The molecule has 3 amide bonds. The molecule has 0 bridgehead atoms. The Bertz CT molecular complexity index is 916. The van der Waals surface area contributed by atoms with Crippen LogP contribution in [0.15, 0.2) is 49.1 Å². The largest absolute Gasteiger partial charge is 0.343 e. The quantitative estimate of drug-likeness (QED) is 0.677. The van der Waals surface area contributed by atoms with Crippen molar-refractivity contribution < 1.29 is 27.6 Å². The number of carbonyl (C=O) groups is 3. The van der Waals surface area contributed by atoms with Crippen molar-refractivity contribution >= 4 is 29.1 Å². The normalized spacial score (nSPS) is 10.0. The molecule has 0 radical (unpaired) electrons. The van der Waals surface area contributed by atoms with Crippen LogP contribution in [-0.4, -0.2) is 24.3 Å². The van der Waals surface area contributed by atoms with Crippen LogP contribution >= 0.6 is 0 Å². The summed E-state index contributed by atoms with van der Waals surface area (Å²) in [6.45, 7) is 2.73. The van der Waals surface area contributed by atoms with E-state index in [4.69, 9.17) is 0 Å². The lowest BCUT2D eigenvalue weighted by molar-refractivity contribution is -0.115. The molecule has 140 valence electrons. The van der Waals surface area contributed by atoms with E-state index in [1.54, 1.807) is 0 Å². The first-order valence-corrected chi connectivity index (χ1v) is 7.56. The van der Waals surface area contributed by atoms with E-state index in [9.17, 15) is 27.6 Å². The number of hydrogen-bond donors (Lipinski definition) is 3. The van der Waals surface area contributed by atoms with Gasteiger partial charge >= 0.3 is 0 Å². The van der Waals surface area contributed by atoms with E-state index in [2.05, 4.69) is 22.5 Å². The Balaban J connectivity index is 1.97. The van der Waals surface area contributed by atoms with Crippen LogP contribution in [0.1, 0.15) is 10.4 Å². The highest BCUT2D eigenvalue weighted by atomic mass is 19.1. The van der Waals surface area contributed by atoms with Gasteiger partial charge in [0.15, 0.2) is 0 Å². The fraction of sp³-hybridized carbons (Fsp3) is 0.0556. The summed E-state index contributed by atoms with van der Waals surface area (Å²) >= 11 is 0. The van der Waals surface area contributed by atoms with Crippen LogP contribution in [0.5, 0.6) is 0 Å². The van der Waals surface area contributed by atoms with Crippen molar-refractivity contribution in [2.45, 2.75) is 0 Å². The fourth-order valence-electron chi connectivity index (χ4n) is 2.02. The average molecular weight is 377 g/mol. The van der Waals surface area contributed by atoms with E-state index in [1.807, 2.05) is 0 Å². The molecule has 3 N–H and O–H groups in total. The van der Waals surface area contributed by atoms with Crippen LogP contribution in [-0.2, 0) is 9.59 Å². The van der Waals surface area contributed by atoms with E-state index in [-0.39, 0.29) is 11.4 Å². The summed E-state index contributed by atoms with van der Waals surface area (Å²) in [5, 5.41) is 6.79. The van der Waals surface area contributed by atoms with Crippen molar-refractivity contribution in [3.8, 4) is 0 Å². The molecule has 2 aromatic carbocycles. The van der Waals surface area contributed by atoms with Gasteiger partial charge in [0.25, 0.3) is 5.91 Å². The van der Waals surface area contributed by atoms with E-state index in [0.29, 0.717) is 6.07 Å². The fourth-order valence-corrected chi connectivity index (χ4v) is 2.02. The molecule has 0 saturated carbocycles. The van der Waals surface area contributed by atoms with E-state index in [1.165, 1.54) is 12.1 Å². The molecule has 0 aromatic heterocycles.